The second-order valence-corrected chi connectivity index (χ2v) is 9.52. The summed E-state index contributed by atoms with van der Waals surface area (Å²) in [4.78, 5) is 32.0. The van der Waals surface area contributed by atoms with Crippen LogP contribution < -0.4 is 10.9 Å². The molecule has 0 bridgehead atoms. The zero-order valence-corrected chi connectivity index (χ0v) is 20.2. The third-order valence-electron chi connectivity index (χ3n) is 5.26. The number of nitrogens with one attached hydrogen (secondary N) is 2. The van der Waals surface area contributed by atoms with Crippen molar-refractivity contribution < 1.29 is 9.59 Å². The summed E-state index contributed by atoms with van der Waals surface area (Å²) in [5.41, 5.74) is 9.36. The van der Waals surface area contributed by atoms with Gasteiger partial charge in [0.1, 0.15) is 0 Å². The van der Waals surface area contributed by atoms with E-state index in [2.05, 4.69) is 38.9 Å². The monoisotopic (exact) mass is 527 g/mol. The van der Waals surface area contributed by atoms with Gasteiger partial charge in [0.15, 0.2) is 0 Å². The number of nitrogens with zero attached hydrogens (tertiary/aromatic N) is 1. The van der Waals surface area contributed by atoms with Crippen molar-refractivity contribution >= 4 is 50.9 Å². The minimum absolute atomic E-state index is 0.384. The minimum atomic E-state index is -0.417. The number of benzene rings is 4. The van der Waals surface area contributed by atoms with E-state index >= 15 is 0 Å². The molecule has 2 amide bonds. The van der Waals surface area contributed by atoms with E-state index < -0.39 is 5.91 Å². The minimum Gasteiger partial charge on any atom is -0.267 e. The van der Waals surface area contributed by atoms with Crippen LogP contribution in [0.2, 0.25) is 0 Å². The molecule has 0 fully saturated rings. The Labute approximate surface area is 209 Å². The average molecular weight is 528 g/mol. The number of carbonyl (C=O) groups is 2. The van der Waals surface area contributed by atoms with E-state index in [4.69, 9.17) is 4.99 Å². The van der Waals surface area contributed by atoms with Crippen molar-refractivity contribution in [2.45, 2.75) is 9.79 Å². The van der Waals surface area contributed by atoms with E-state index in [0.29, 0.717) is 16.8 Å². The van der Waals surface area contributed by atoms with Crippen molar-refractivity contribution in [1.82, 2.24) is 10.9 Å². The first-order chi connectivity index (χ1) is 16.6. The van der Waals surface area contributed by atoms with Gasteiger partial charge in [-0.3, -0.25) is 20.4 Å². The van der Waals surface area contributed by atoms with E-state index in [0.717, 1.165) is 31.1 Å². The maximum Gasteiger partial charge on any atom is 0.269 e. The molecule has 0 radical (unpaired) electrons. The SMILES string of the molecule is O=C(NNC(=O)c1ccc2c(c1)N=C(c1ccc(Br)cc1)c1ccccc1S2)c1ccccc1. The fourth-order valence-electron chi connectivity index (χ4n) is 3.56. The van der Waals surface area contributed by atoms with Gasteiger partial charge in [-0.05, 0) is 48.5 Å². The summed E-state index contributed by atoms with van der Waals surface area (Å²) in [5, 5.41) is 0. The molecule has 1 aliphatic rings. The van der Waals surface area contributed by atoms with E-state index in [1.54, 1.807) is 48.2 Å². The van der Waals surface area contributed by atoms with Crippen LogP contribution in [0.3, 0.4) is 0 Å². The second-order valence-electron chi connectivity index (χ2n) is 7.52. The lowest BCUT2D eigenvalue weighted by Gasteiger charge is -2.09. The Balaban J connectivity index is 1.46. The Morgan fingerprint density at radius 3 is 2.15 bits per heavy atom. The summed E-state index contributed by atoms with van der Waals surface area (Å²) in [6, 6.07) is 30.2. The lowest BCUT2D eigenvalue weighted by Crippen LogP contribution is -2.41. The highest BCUT2D eigenvalue weighted by atomic mass is 79.9. The Bertz CT molecular complexity index is 1420. The normalized spacial score (nSPS) is 12.0. The maximum absolute atomic E-state index is 12.8. The van der Waals surface area contributed by atoms with Gasteiger partial charge in [0, 0.05) is 36.5 Å². The molecule has 5 rings (SSSR count). The van der Waals surface area contributed by atoms with Gasteiger partial charge < -0.3 is 0 Å². The fourth-order valence-corrected chi connectivity index (χ4v) is 4.83. The van der Waals surface area contributed by atoms with E-state index in [1.165, 1.54) is 0 Å². The maximum atomic E-state index is 12.8. The number of hydrazine groups is 1. The molecule has 5 nitrogen and oxygen atoms in total. The van der Waals surface area contributed by atoms with Gasteiger partial charge in [0.2, 0.25) is 0 Å². The van der Waals surface area contributed by atoms with Crippen LogP contribution in [0.15, 0.2) is 116 Å². The van der Waals surface area contributed by atoms with Crippen LogP contribution in [0.1, 0.15) is 31.8 Å². The molecule has 0 saturated carbocycles. The van der Waals surface area contributed by atoms with Crippen LogP contribution in [0.25, 0.3) is 0 Å². The lowest BCUT2D eigenvalue weighted by atomic mass is 10.0. The molecule has 0 aromatic heterocycles. The summed E-state index contributed by atoms with van der Waals surface area (Å²) < 4.78 is 0.991. The summed E-state index contributed by atoms with van der Waals surface area (Å²) >= 11 is 5.10. The summed E-state index contributed by atoms with van der Waals surface area (Å²) in [6.45, 7) is 0. The number of hydrogen-bond acceptors (Lipinski definition) is 4. The topological polar surface area (TPSA) is 70.6 Å². The molecule has 0 aliphatic carbocycles. The summed E-state index contributed by atoms with van der Waals surface area (Å²) in [7, 11) is 0. The highest BCUT2D eigenvalue weighted by Gasteiger charge is 2.20. The van der Waals surface area contributed by atoms with Crippen LogP contribution in [-0.4, -0.2) is 17.5 Å². The summed E-state index contributed by atoms with van der Waals surface area (Å²) in [6.07, 6.45) is 0. The molecule has 0 saturated heterocycles. The lowest BCUT2D eigenvalue weighted by molar-refractivity contribution is 0.0846. The van der Waals surface area contributed by atoms with Crippen LogP contribution in [0, 0.1) is 0 Å². The van der Waals surface area contributed by atoms with Crippen molar-refractivity contribution in [2.75, 3.05) is 0 Å². The van der Waals surface area contributed by atoms with Crippen molar-refractivity contribution in [3.63, 3.8) is 0 Å². The van der Waals surface area contributed by atoms with Crippen LogP contribution in [0.4, 0.5) is 5.69 Å². The Hall–Kier alpha value is -3.68. The third-order valence-corrected chi connectivity index (χ3v) is 6.93. The van der Waals surface area contributed by atoms with E-state index in [-0.39, 0.29) is 5.91 Å². The van der Waals surface area contributed by atoms with Gasteiger partial charge in [-0.1, -0.05) is 76.2 Å². The molecule has 2 N–H and O–H groups in total. The van der Waals surface area contributed by atoms with Crippen molar-refractivity contribution in [3.8, 4) is 0 Å². The van der Waals surface area contributed by atoms with Crippen LogP contribution >= 0.6 is 27.7 Å². The molecule has 1 aliphatic heterocycles. The fraction of sp³-hybridized carbons (Fsp3) is 0. The van der Waals surface area contributed by atoms with E-state index in [9.17, 15) is 9.59 Å². The Morgan fingerprint density at radius 2 is 1.38 bits per heavy atom. The number of rotatable bonds is 3. The zero-order valence-electron chi connectivity index (χ0n) is 17.8. The largest absolute Gasteiger partial charge is 0.269 e. The number of carbonyl (C=O) groups excluding carboxylic acids is 2. The van der Waals surface area contributed by atoms with Crippen LogP contribution in [0.5, 0.6) is 0 Å². The highest BCUT2D eigenvalue weighted by Crippen LogP contribution is 2.41. The molecule has 1 heterocycles. The van der Waals surface area contributed by atoms with Gasteiger partial charge in [0.25, 0.3) is 11.8 Å². The first kappa shape index (κ1) is 22.1. The molecule has 0 unspecified atom stereocenters. The van der Waals surface area contributed by atoms with E-state index in [1.807, 2.05) is 48.5 Å². The third kappa shape index (κ3) is 4.66. The number of amides is 2. The summed E-state index contributed by atoms with van der Waals surface area (Å²) in [5.74, 6) is -0.801. The van der Waals surface area contributed by atoms with Gasteiger partial charge in [-0.2, -0.15) is 0 Å². The standard InChI is InChI=1S/C27H18BrN3O2S/c28-20-13-10-17(11-14-20)25-21-8-4-5-9-23(21)34-24-15-12-19(16-22(24)29-25)27(33)31-30-26(32)18-6-2-1-3-7-18/h1-16H,(H,30,32)(H,31,33). The molecule has 4 aromatic carbocycles. The molecule has 7 heteroatoms. The quantitative estimate of drug-likeness (QED) is 0.276. The van der Waals surface area contributed by atoms with Gasteiger partial charge >= 0.3 is 0 Å². The van der Waals surface area contributed by atoms with Crippen molar-refractivity contribution in [1.29, 1.82) is 0 Å². The number of hydrogen-bond donors (Lipinski definition) is 2. The molecule has 166 valence electrons. The molecule has 34 heavy (non-hydrogen) atoms. The molecule has 0 atom stereocenters. The predicted molar refractivity (Wildman–Crippen MR) is 138 cm³/mol. The predicted octanol–water partition coefficient (Wildman–Crippen LogP) is 6.16. The molecular formula is C27H18BrN3O2S. The smallest absolute Gasteiger partial charge is 0.267 e. The molecular weight excluding hydrogens is 510 g/mol. The van der Waals surface area contributed by atoms with Gasteiger partial charge in [-0.15, -0.1) is 0 Å². The van der Waals surface area contributed by atoms with Crippen molar-refractivity contribution in [3.05, 3.63) is 124 Å². The second kappa shape index (κ2) is 9.67. The first-order valence-electron chi connectivity index (χ1n) is 10.5. The first-order valence-corrected chi connectivity index (χ1v) is 12.1. The average Bonchev–Trinajstić information content (AvgIpc) is 3.04. The number of aliphatic imine (C=N–C) groups is 1. The zero-order chi connectivity index (χ0) is 23.5. The van der Waals surface area contributed by atoms with Gasteiger partial charge in [0.05, 0.1) is 11.4 Å². The number of halogens is 1. The molecule has 4 aromatic rings. The Kier molecular flexibility index (Phi) is 6.29. The highest BCUT2D eigenvalue weighted by molar-refractivity contribution is 9.10. The van der Waals surface area contributed by atoms with Crippen molar-refractivity contribution in [2.24, 2.45) is 4.99 Å². The molecule has 0 spiro atoms. The Morgan fingerprint density at radius 1 is 0.706 bits per heavy atom. The van der Waals surface area contributed by atoms with Gasteiger partial charge in [-0.25, -0.2) is 4.99 Å². The number of fused-ring (bicyclic) bond motifs is 2. The van der Waals surface area contributed by atoms with Crippen LogP contribution in [-0.2, 0) is 0 Å².